The highest BCUT2D eigenvalue weighted by atomic mass is 79.9. The summed E-state index contributed by atoms with van der Waals surface area (Å²) < 4.78 is 7.45. The van der Waals surface area contributed by atoms with Crippen molar-refractivity contribution >= 4 is 60.1 Å². The van der Waals surface area contributed by atoms with Crippen molar-refractivity contribution in [2.45, 2.75) is 20.8 Å². The van der Waals surface area contributed by atoms with Crippen molar-refractivity contribution < 1.29 is 9.32 Å². The molecule has 2 heterocycles. The van der Waals surface area contributed by atoms with Gasteiger partial charge in [0.1, 0.15) is 17.0 Å². The quantitative estimate of drug-likeness (QED) is 0.247. The molecule has 0 aliphatic heterocycles. The van der Waals surface area contributed by atoms with E-state index in [4.69, 9.17) is 21.1 Å². The van der Waals surface area contributed by atoms with Crippen molar-refractivity contribution in [3.05, 3.63) is 63.3 Å². The molecule has 0 radical (unpaired) electrons. The van der Waals surface area contributed by atoms with E-state index < -0.39 is 0 Å². The molecular weight excluding hydrogens is 524 g/mol. The fourth-order valence-electron chi connectivity index (χ4n) is 3.66. The monoisotopic (exact) mass is 546 g/mol. The van der Waals surface area contributed by atoms with Crippen LogP contribution < -0.4 is 4.90 Å². The SMILES string of the molecule is CCN(CC)CCN(C(=O)c1c(-c2ccccc2Cl)noc1C)c1nc2ccc(Br)cc2s1. The van der Waals surface area contributed by atoms with Gasteiger partial charge < -0.3 is 9.42 Å². The Morgan fingerprint density at radius 1 is 1.15 bits per heavy atom. The number of fused-ring (bicyclic) bond motifs is 1. The molecule has 0 atom stereocenters. The smallest absolute Gasteiger partial charge is 0.266 e. The standard InChI is InChI=1S/C24H24BrClN4O2S/c1-4-29(5-2)12-13-30(24-27-19-11-10-16(25)14-20(19)33-24)23(31)21-15(3)32-28-22(21)17-8-6-7-9-18(17)26/h6-11,14H,4-5,12-13H2,1-3H3. The van der Waals surface area contributed by atoms with E-state index >= 15 is 0 Å². The summed E-state index contributed by atoms with van der Waals surface area (Å²) in [6, 6.07) is 13.2. The van der Waals surface area contributed by atoms with Crippen LogP contribution in [0.3, 0.4) is 0 Å². The molecule has 0 bridgehead atoms. The summed E-state index contributed by atoms with van der Waals surface area (Å²) in [6.07, 6.45) is 0. The molecule has 0 unspecified atom stereocenters. The van der Waals surface area contributed by atoms with Gasteiger partial charge in [-0.2, -0.15) is 0 Å². The lowest BCUT2D eigenvalue weighted by Gasteiger charge is -2.24. The van der Waals surface area contributed by atoms with E-state index in [9.17, 15) is 4.79 Å². The number of likely N-dealkylation sites (N-methyl/N-ethyl adjacent to an activating group) is 1. The number of benzene rings is 2. The largest absolute Gasteiger partial charge is 0.360 e. The number of hydrogen-bond acceptors (Lipinski definition) is 6. The lowest BCUT2D eigenvalue weighted by atomic mass is 10.1. The molecule has 1 amide bonds. The number of hydrogen-bond donors (Lipinski definition) is 0. The van der Waals surface area contributed by atoms with Crippen LogP contribution in [0.4, 0.5) is 5.13 Å². The number of amides is 1. The van der Waals surface area contributed by atoms with Crippen molar-refractivity contribution in [3.8, 4) is 11.3 Å². The minimum absolute atomic E-state index is 0.200. The average Bonchev–Trinajstić information content (AvgIpc) is 3.39. The molecule has 9 heteroatoms. The van der Waals surface area contributed by atoms with Gasteiger partial charge in [0.15, 0.2) is 5.13 Å². The van der Waals surface area contributed by atoms with Gasteiger partial charge in [0.25, 0.3) is 5.91 Å². The summed E-state index contributed by atoms with van der Waals surface area (Å²) in [4.78, 5) is 22.8. The van der Waals surface area contributed by atoms with Crippen molar-refractivity contribution in [1.29, 1.82) is 0 Å². The predicted molar refractivity (Wildman–Crippen MR) is 138 cm³/mol. The molecule has 0 aliphatic rings. The lowest BCUT2D eigenvalue weighted by molar-refractivity contribution is 0.0983. The Morgan fingerprint density at radius 3 is 2.64 bits per heavy atom. The zero-order valence-electron chi connectivity index (χ0n) is 18.6. The first-order chi connectivity index (χ1) is 15.9. The first-order valence-electron chi connectivity index (χ1n) is 10.7. The van der Waals surface area contributed by atoms with Crippen molar-refractivity contribution in [1.82, 2.24) is 15.0 Å². The summed E-state index contributed by atoms with van der Waals surface area (Å²) in [5.41, 5.74) is 2.37. The molecular formula is C24H24BrClN4O2S. The van der Waals surface area contributed by atoms with Crippen LogP contribution in [0.15, 0.2) is 51.5 Å². The van der Waals surface area contributed by atoms with Gasteiger partial charge in [-0.05, 0) is 44.3 Å². The number of carbonyl (C=O) groups excluding carboxylic acids is 1. The van der Waals surface area contributed by atoms with E-state index in [0.717, 1.165) is 34.3 Å². The third kappa shape index (κ3) is 4.99. The third-order valence-corrected chi connectivity index (χ3v) is 7.42. The summed E-state index contributed by atoms with van der Waals surface area (Å²) >= 11 is 11.4. The molecule has 2 aromatic carbocycles. The highest BCUT2D eigenvalue weighted by Gasteiger charge is 2.29. The maximum atomic E-state index is 14.0. The molecule has 33 heavy (non-hydrogen) atoms. The Labute approximate surface area is 210 Å². The number of thiazole rings is 1. The number of aromatic nitrogens is 2. The van der Waals surface area contributed by atoms with Crippen LogP contribution in [-0.4, -0.2) is 47.1 Å². The van der Waals surface area contributed by atoms with Gasteiger partial charge in [0, 0.05) is 23.1 Å². The van der Waals surface area contributed by atoms with Crippen LogP contribution in [0.25, 0.3) is 21.5 Å². The van der Waals surface area contributed by atoms with Gasteiger partial charge in [-0.3, -0.25) is 9.69 Å². The maximum absolute atomic E-state index is 14.0. The normalized spacial score (nSPS) is 11.5. The molecule has 4 aromatic rings. The van der Waals surface area contributed by atoms with Crippen LogP contribution in [-0.2, 0) is 0 Å². The van der Waals surface area contributed by atoms with Gasteiger partial charge in [0.05, 0.1) is 15.2 Å². The molecule has 6 nitrogen and oxygen atoms in total. The minimum atomic E-state index is -0.200. The van der Waals surface area contributed by atoms with E-state index in [1.54, 1.807) is 17.9 Å². The zero-order chi connectivity index (χ0) is 23.5. The fraction of sp³-hybridized carbons (Fsp3) is 0.292. The van der Waals surface area contributed by atoms with Crippen LogP contribution in [0.2, 0.25) is 5.02 Å². The van der Waals surface area contributed by atoms with Crippen LogP contribution in [0, 0.1) is 6.92 Å². The second kappa shape index (κ2) is 10.3. The minimum Gasteiger partial charge on any atom is -0.360 e. The number of rotatable bonds is 8. The topological polar surface area (TPSA) is 62.5 Å². The van der Waals surface area contributed by atoms with Crippen molar-refractivity contribution in [3.63, 3.8) is 0 Å². The van der Waals surface area contributed by atoms with Gasteiger partial charge >= 0.3 is 0 Å². The zero-order valence-corrected chi connectivity index (χ0v) is 21.8. The van der Waals surface area contributed by atoms with Gasteiger partial charge in [-0.25, -0.2) is 4.98 Å². The molecule has 0 spiro atoms. The van der Waals surface area contributed by atoms with Crippen molar-refractivity contribution in [2.75, 3.05) is 31.1 Å². The molecule has 0 saturated heterocycles. The number of halogens is 2. The summed E-state index contributed by atoms with van der Waals surface area (Å²) in [5, 5.41) is 5.34. The molecule has 0 N–H and O–H groups in total. The molecule has 0 aliphatic carbocycles. The number of nitrogens with zero attached hydrogens (tertiary/aromatic N) is 4. The molecule has 4 rings (SSSR count). The second-order valence-corrected chi connectivity index (χ2v) is 9.87. The number of carbonyl (C=O) groups is 1. The van der Waals surface area contributed by atoms with Crippen LogP contribution in [0.1, 0.15) is 30.0 Å². The van der Waals surface area contributed by atoms with Crippen molar-refractivity contribution in [2.24, 2.45) is 0 Å². The Morgan fingerprint density at radius 2 is 1.91 bits per heavy atom. The van der Waals surface area contributed by atoms with Crippen LogP contribution >= 0.6 is 38.9 Å². The molecule has 0 saturated carbocycles. The van der Waals surface area contributed by atoms with E-state index in [2.05, 4.69) is 39.8 Å². The average molecular weight is 548 g/mol. The fourth-order valence-corrected chi connectivity index (χ4v) is 5.43. The Bertz CT molecular complexity index is 1280. The first kappa shape index (κ1) is 23.9. The summed E-state index contributed by atoms with van der Waals surface area (Å²) in [6.45, 7) is 9.01. The molecule has 172 valence electrons. The predicted octanol–water partition coefficient (Wildman–Crippen LogP) is 6.66. The van der Waals surface area contributed by atoms with Gasteiger partial charge in [-0.15, -0.1) is 0 Å². The van der Waals surface area contributed by atoms with E-state index in [0.29, 0.717) is 39.3 Å². The highest BCUT2D eigenvalue weighted by Crippen LogP contribution is 2.35. The van der Waals surface area contributed by atoms with E-state index in [1.165, 1.54) is 11.3 Å². The Balaban J connectivity index is 1.78. The number of aryl methyl sites for hydroxylation is 1. The first-order valence-corrected chi connectivity index (χ1v) is 12.7. The lowest BCUT2D eigenvalue weighted by Crippen LogP contribution is -2.39. The van der Waals surface area contributed by atoms with Gasteiger partial charge in [-0.1, -0.05) is 76.1 Å². The Hall–Kier alpha value is -2.26. The molecule has 0 fully saturated rings. The van der Waals surface area contributed by atoms with E-state index in [1.807, 2.05) is 36.4 Å². The highest BCUT2D eigenvalue weighted by molar-refractivity contribution is 9.10. The third-order valence-electron chi connectivity index (χ3n) is 5.56. The molecule has 2 aromatic heterocycles. The van der Waals surface area contributed by atoms with Crippen LogP contribution in [0.5, 0.6) is 0 Å². The van der Waals surface area contributed by atoms with E-state index in [-0.39, 0.29) is 5.91 Å². The maximum Gasteiger partial charge on any atom is 0.266 e. The number of anilines is 1. The Kier molecular flexibility index (Phi) is 7.48. The second-order valence-electron chi connectivity index (χ2n) is 7.53. The van der Waals surface area contributed by atoms with Gasteiger partial charge in [0.2, 0.25) is 0 Å². The summed E-state index contributed by atoms with van der Waals surface area (Å²) in [5.74, 6) is 0.251. The summed E-state index contributed by atoms with van der Waals surface area (Å²) in [7, 11) is 0.